The lowest BCUT2D eigenvalue weighted by atomic mass is 9.93. The molecule has 1 heteroatoms. The van der Waals surface area contributed by atoms with E-state index in [0.29, 0.717) is 6.04 Å². The zero-order valence-electron chi connectivity index (χ0n) is 9.35. The highest BCUT2D eigenvalue weighted by molar-refractivity contribution is 5.39. The summed E-state index contributed by atoms with van der Waals surface area (Å²) >= 11 is 0. The van der Waals surface area contributed by atoms with Crippen LogP contribution < -0.4 is 5.32 Å². The van der Waals surface area contributed by atoms with E-state index in [9.17, 15) is 0 Å². The van der Waals surface area contributed by atoms with Gasteiger partial charge in [0.15, 0.2) is 0 Å². The fourth-order valence-corrected chi connectivity index (χ4v) is 2.35. The highest BCUT2D eigenvalue weighted by Crippen LogP contribution is 2.48. The minimum absolute atomic E-state index is 0.114. The fourth-order valence-electron chi connectivity index (χ4n) is 2.35. The largest absolute Gasteiger partial charge is 0.297 e. The van der Waals surface area contributed by atoms with E-state index in [1.165, 1.54) is 11.1 Å². The topological polar surface area (TPSA) is 21.9 Å². The monoisotopic (exact) mass is 209 g/mol. The molecule has 0 amide bonds. The van der Waals surface area contributed by atoms with Gasteiger partial charge in [0.05, 0.1) is 11.6 Å². The van der Waals surface area contributed by atoms with Crippen LogP contribution in [-0.4, -0.2) is 0 Å². The third-order valence-corrected chi connectivity index (χ3v) is 3.44. The molecule has 2 aromatic carbocycles. The van der Waals surface area contributed by atoms with Crippen molar-refractivity contribution in [3.63, 3.8) is 0 Å². The van der Waals surface area contributed by atoms with Crippen LogP contribution in [0.2, 0.25) is 0 Å². The lowest BCUT2D eigenvalue weighted by Gasteiger charge is -2.08. The van der Waals surface area contributed by atoms with E-state index in [2.05, 4.69) is 72.9 Å². The average molecular weight is 209 g/mol. The van der Waals surface area contributed by atoms with E-state index in [0.717, 1.165) is 0 Å². The van der Waals surface area contributed by atoms with Crippen LogP contribution in [0.15, 0.2) is 60.7 Å². The number of nitrogens with one attached hydrogen (secondary N) is 1. The molecule has 1 saturated heterocycles. The van der Waals surface area contributed by atoms with Gasteiger partial charge in [-0.05, 0) is 18.1 Å². The lowest BCUT2D eigenvalue weighted by Crippen LogP contribution is -2.06. The minimum atomic E-state index is 0.114. The van der Waals surface area contributed by atoms with E-state index >= 15 is 0 Å². The molecule has 1 heterocycles. The first-order chi connectivity index (χ1) is 7.81. The standard InChI is InChI=1S/C15H15N/c1-15(13-10-6-3-7-11-13)14(16-15)12-8-4-2-5-9-12/h2-11,14,16H,1H3. The molecule has 80 valence electrons. The molecular weight excluding hydrogens is 194 g/mol. The molecule has 1 nitrogen and oxygen atoms in total. The second-order valence-corrected chi connectivity index (χ2v) is 4.56. The van der Waals surface area contributed by atoms with E-state index in [-0.39, 0.29) is 5.54 Å². The summed E-state index contributed by atoms with van der Waals surface area (Å²) in [4.78, 5) is 0. The van der Waals surface area contributed by atoms with Crippen LogP contribution in [0.3, 0.4) is 0 Å². The fraction of sp³-hybridized carbons (Fsp3) is 0.200. The molecule has 2 aromatic rings. The molecule has 0 aliphatic carbocycles. The Hall–Kier alpha value is -1.60. The molecule has 2 unspecified atom stereocenters. The van der Waals surface area contributed by atoms with Gasteiger partial charge in [-0.1, -0.05) is 60.7 Å². The molecule has 1 N–H and O–H groups in total. The van der Waals surface area contributed by atoms with Crippen LogP contribution in [0, 0.1) is 0 Å². The first-order valence-corrected chi connectivity index (χ1v) is 5.69. The number of hydrogen-bond donors (Lipinski definition) is 1. The molecule has 0 radical (unpaired) electrons. The lowest BCUT2D eigenvalue weighted by molar-refractivity contribution is 0.731. The van der Waals surface area contributed by atoms with Gasteiger partial charge in [-0.15, -0.1) is 0 Å². The van der Waals surface area contributed by atoms with Crippen molar-refractivity contribution in [1.82, 2.24) is 5.32 Å². The highest BCUT2D eigenvalue weighted by Gasteiger charge is 2.51. The highest BCUT2D eigenvalue weighted by atomic mass is 15.2. The predicted molar refractivity (Wildman–Crippen MR) is 66.1 cm³/mol. The maximum atomic E-state index is 3.58. The summed E-state index contributed by atoms with van der Waals surface area (Å²) in [6.45, 7) is 2.26. The second-order valence-electron chi connectivity index (χ2n) is 4.56. The Kier molecular flexibility index (Phi) is 2.08. The first-order valence-electron chi connectivity index (χ1n) is 5.69. The second kappa shape index (κ2) is 3.46. The summed E-state index contributed by atoms with van der Waals surface area (Å²) in [7, 11) is 0. The molecule has 3 rings (SSSR count). The van der Waals surface area contributed by atoms with Crippen molar-refractivity contribution in [2.24, 2.45) is 0 Å². The number of hydrogen-bond acceptors (Lipinski definition) is 1. The summed E-state index contributed by atoms with van der Waals surface area (Å²) in [6.07, 6.45) is 0. The minimum Gasteiger partial charge on any atom is -0.297 e. The quantitative estimate of drug-likeness (QED) is 0.753. The predicted octanol–water partition coefficient (Wildman–Crippen LogP) is 3.25. The Morgan fingerprint density at radius 1 is 0.875 bits per heavy atom. The van der Waals surface area contributed by atoms with Crippen LogP contribution in [0.25, 0.3) is 0 Å². The molecular formula is C15H15N. The van der Waals surface area contributed by atoms with Gasteiger partial charge in [0.25, 0.3) is 0 Å². The van der Waals surface area contributed by atoms with Gasteiger partial charge in [0.2, 0.25) is 0 Å². The molecule has 0 bridgehead atoms. The van der Waals surface area contributed by atoms with Crippen molar-refractivity contribution in [2.45, 2.75) is 18.5 Å². The first kappa shape index (κ1) is 9.61. The summed E-state index contributed by atoms with van der Waals surface area (Å²) in [5.74, 6) is 0. The van der Waals surface area contributed by atoms with E-state index in [1.807, 2.05) is 0 Å². The Morgan fingerprint density at radius 2 is 1.44 bits per heavy atom. The van der Waals surface area contributed by atoms with Gasteiger partial charge in [-0.25, -0.2) is 0 Å². The Bertz CT molecular complexity index is 477. The SMILES string of the molecule is CC1(c2ccccc2)NC1c1ccccc1. The average Bonchev–Trinajstić information content (AvgIpc) is 3.06. The van der Waals surface area contributed by atoms with Crippen LogP contribution >= 0.6 is 0 Å². The van der Waals surface area contributed by atoms with Crippen molar-refractivity contribution in [3.05, 3.63) is 71.8 Å². The third-order valence-electron chi connectivity index (χ3n) is 3.44. The van der Waals surface area contributed by atoms with Crippen LogP contribution in [0.1, 0.15) is 24.1 Å². The zero-order chi connectivity index (χ0) is 11.0. The van der Waals surface area contributed by atoms with Gasteiger partial charge in [-0.3, -0.25) is 5.32 Å². The van der Waals surface area contributed by atoms with E-state index in [4.69, 9.17) is 0 Å². The Morgan fingerprint density at radius 3 is 2.06 bits per heavy atom. The van der Waals surface area contributed by atoms with Crippen molar-refractivity contribution in [1.29, 1.82) is 0 Å². The van der Waals surface area contributed by atoms with Gasteiger partial charge < -0.3 is 0 Å². The molecule has 0 spiro atoms. The van der Waals surface area contributed by atoms with Crippen molar-refractivity contribution in [3.8, 4) is 0 Å². The maximum absolute atomic E-state index is 3.58. The molecule has 1 fully saturated rings. The normalized spacial score (nSPS) is 27.7. The molecule has 1 aliphatic rings. The third kappa shape index (κ3) is 1.44. The van der Waals surface area contributed by atoms with Crippen LogP contribution in [0.4, 0.5) is 0 Å². The molecule has 0 saturated carbocycles. The molecule has 0 aromatic heterocycles. The summed E-state index contributed by atoms with van der Waals surface area (Å²) < 4.78 is 0. The maximum Gasteiger partial charge on any atom is 0.0609 e. The van der Waals surface area contributed by atoms with Gasteiger partial charge in [0.1, 0.15) is 0 Å². The zero-order valence-corrected chi connectivity index (χ0v) is 9.35. The molecule has 1 aliphatic heterocycles. The van der Waals surface area contributed by atoms with Crippen molar-refractivity contribution in [2.75, 3.05) is 0 Å². The summed E-state index contributed by atoms with van der Waals surface area (Å²) in [5, 5.41) is 3.58. The summed E-state index contributed by atoms with van der Waals surface area (Å²) in [5.41, 5.74) is 2.85. The van der Waals surface area contributed by atoms with Gasteiger partial charge in [0, 0.05) is 0 Å². The van der Waals surface area contributed by atoms with Gasteiger partial charge >= 0.3 is 0 Å². The number of benzene rings is 2. The Balaban J connectivity index is 1.90. The van der Waals surface area contributed by atoms with Crippen LogP contribution in [0.5, 0.6) is 0 Å². The summed E-state index contributed by atoms with van der Waals surface area (Å²) in [6, 6.07) is 21.7. The van der Waals surface area contributed by atoms with Crippen molar-refractivity contribution < 1.29 is 0 Å². The number of rotatable bonds is 2. The van der Waals surface area contributed by atoms with E-state index < -0.39 is 0 Å². The molecule has 16 heavy (non-hydrogen) atoms. The van der Waals surface area contributed by atoms with Crippen molar-refractivity contribution >= 4 is 0 Å². The van der Waals surface area contributed by atoms with Crippen LogP contribution in [-0.2, 0) is 5.54 Å². The van der Waals surface area contributed by atoms with E-state index in [1.54, 1.807) is 0 Å². The smallest absolute Gasteiger partial charge is 0.0609 e. The molecule has 2 atom stereocenters. The van der Waals surface area contributed by atoms with Gasteiger partial charge in [-0.2, -0.15) is 0 Å². The Labute approximate surface area is 96.1 Å².